The Bertz CT molecular complexity index is 983. The summed E-state index contributed by atoms with van der Waals surface area (Å²) in [6.45, 7) is 0.167. The van der Waals surface area contributed by atoms with Crippen molar-refractivity contribution in [3.63, 3.8) is 0 Å². The standard InChI is InChI=1S/C21H23N3O6/c1-27-18-15(10-22-20(23-18)28-2)21(26)8-13-4-5-14(9-21)24(13)19(25)12-3-6-16-17(7-12)30-11-29-16/h3,6-7,10,13-14,26H,4-5,8-9,11H2,1-2H3. The molecule has 0 saturated carbocycles. The summed E-state index contributed by atoms with van der Waals surface area (Å²) in [6, 6.07) is 5.26. The topological polar surface area (TPSA) is 103 Å². The van der Waals surface area contributed by atoms with Gasteiger partial charge in [0.1, 0.15) is 5.60 Å². The first-order valence-corrected chi connectivity index (χ1v) is 9.92. The van der Waals surface area contributed by atoms with Crippen LogP contribution in [-0.2, 0) is 5.60 Å². The van der Waals surface area contributed by atoms with Crippen LogP contribution in [0, 0.1) is 0 Å². The zero-order valence-electron chi connectivity index (χ0n) is 16.8. The molecular weight excluding hydrogens is 390 g/mol. The van der Waals surface area contributed by atoms with Gasteiger partial charge in [-0.05, 0) is 31.0 Å². The minimum atomic E-state index is -1.17. The minimum Gasteiger partial charge on any atom is -0.481 e. The molecular formula is C21H23N3O6. The zero-order valence-corrected chi connectivity index (χ0v) is 16.8. The zero-order chi connectivity index (χ0) is 20.9. The van der Waals surface area contributed by atoms with E-state index in [0.29, 0.717) is 41.3 Å². The Morgan fingerprint density at radius 1 is 1.17 bits per heavy atom. The summed E-state index contributed by atoms with van der Waals surface area (Å²) >= 11 is 0. The van der Waals surface area contributed by atoms with E-state index >= 15 is 0 Å². The van der Waals surface area contributed by atoms with E-state index in [1.165, 1.54) is 14.2 Å². The largest absolute Gasteiger partial charge is 0.481 e. The van der Waals surface area contributed by atoms with Gasteiger partial charge < -0.3 is 29.0 Å². The van der Waals surface area contributed by atoms with Gasteiger partial charge in [0, 0.05) is 36.7 Å². The van der Waals surface area contributed by atoms with E-state index in [0.717, 1.165) is 12.8 Å². The Balaban J connectivity index is 1.41. The van der Waals surface area contributed by atoms with Crippen molar-refractivity contribution in [2.24, 2.45) is 0 Å². The molecule has 2 fully saturated rings. The number of aromatic nitrogens is 2. The molecule has 30 heavy (non-hydrogen) atoms. The van der Waals surface area contributed by atoms with Crippen LogP contribution in [0.4, 0.5) is 0 Å². The van der Waals surface area contributed by atoms with Crippen LogP contribution in [0.15, 0.2) is 24.4 Å². The summed E-state index contributed by atoms with van der Waals surface area (Å²) in [6.07, 6.45) is 4.02. The fourth-order valence-corrected chi connectivity index (χ4v) is 4.88. The lowest BCUT2D eigenvalue weighted by molar-refractivity contribution is -0.0497. The van der Waals surface area contributed by atoms with Crippen LogP contribution in [0.25, 0.3) is 0 Å². The van der Waals surface area contributed by atoms with Gasteiger partial charge in [-0.3, -0.25) is 4.79 Å². The summed E-state index contributed by atoms with van der Waals surface area (Å²) in [5.74, 6) is 1.47. The number of piperidine rings is 1. The van der Waals surface area contributed by atoms with Crippen LogP contribution in [-0.4, -0.2) is 59.0 Å². The first-order valence-electron chi connectivity index (χ1n) is 9.92. The number of carbonyl (C=O) groups excluding carboxylic acids is 1. The summed E-state index contributed by atoms with van der Waals surface area (Å²) < 4.78 is 21.2. The first-order chi connectivity index (χ1) is 14.5. The van der Waals surface area contributed by atoms with Gasteiger partial charge in [-0.15, -0.1) is 0 Å². The van der Waals surface area contributed by atoms with Crippen LogP contribution < -0.4 is 18.9 Å². The van der Waals surface area contributed by atoms with E-state index in [-0.39, 0.29) is 30.8 Å². The van der Waals surface area contributed by atoms with E-state index < -0.39 is 5.60 Å². The molecule has 0 radical (unpaired) electrons. The number of benzene rings is 1. The second-order valence-corrected chi connectivity index (χ2v) is 7.88. The Morgan fingerprint density at radius 3 is 2.60 bits per heavy atom. The fourth-order valence-electron chi connectivity index (χ4n) is 4.88. The normalized spacial score (nSPS) is 26.6. The molecule has 3 aliphatic heterocycles. The van der Waals surface area contributed by atoms with Gasteiger partial charge in [0.05, 0.1) is 19.8 Å². The SMILES string of the molecule is COc1ncc(C2(O)CC3CCC(C2)N3C(=O)c2ccc3c(c2)OCO3)c(OC)n1. The monoisotopic (exact) mass is 413 g/mol. The van der Waals surface area contributed by atoms with Gasteiger partial charge in [0.15, 0.2) is 11.5 Å². The Labute approximate surface area is 173 Å². The smallest absolute Gasteiger partial charge is 0.319 e. The first kappa shape index (κ1) is 18.9. The lowest BCUT2D eigenvalue weighted by atomic mass is 9.81. The lowest BCUT2D eigenvalue weighted by Gasteiger charge is -2.44. The molecule has 9 heteroatoms. The lowest BCUT2D eigenvalue weighted by Crippen LogP contribution is -2.52. The van der Waals surface area contributed by atoms with E-state index in [1.807, 2.05) is 4.90 Å². The molecule has 4 heterocycles. The summed E-state index contributed by atoms with van der Waals surface area (Å²) in [4.78, 5) is 23.6. The van der Waals surface area contributed by atoms with Crippen molar-refractivity contribution in [2.75, 3.05) is 21.0 Å². The van der Waals surface area contributed by atoms with Crippen LogP contribution in [0.2, 0.25) is 0 Å². The van der Waals surface area contributed by atoms with E-state index in [9.17, 15) is 9.90 Å². The van der Waals surface area contributed by atoms with Crippen LogP contribution in [0.5, 0.6) is 23.4 Å². The molecule has 1 aromatic carbocycles. The number of nitrogens with zero attached hydrogens (tertiary/aromatic N) is 3. The Hall–Kier alpha value is -3.07. The molecule has 9 nitrogen and oxygen atoms in total. The van der Waals surface area contributed by atoms with Crippen molar-refractivity contribution in [1.82, 2.24) is 14.9 Å². The highest BCUT2D eigenvalue weighted by Crippen LogP contribution is 2.48. The highest BCUT2D eigenvalue weighted by atomic mass is 16.7. The predicted octanol–water partition coefficient (Wildman–Crippen LogP) is 1.88. The molecule has 0 aliphatic carbocycles. The second-order valence-electron chi connectivity index (χ2n) is 7.88. The van der Waals surface area contributed by atoms with Crippen LogP contribution in [0.3, 0.4) is 0 Å². The minimum absolute atomic E-state index is 0.0548. The van der Waals surface area contributed by atoms with Crippen molar-refractivity contribution in [3.8, 4) is 23.4 Å². The number of rotatable bonds is 4. The third-order valence-corrected chi connectivity index (χ3v) is 6.23. The molecule has 1 aromatic heterocycles. The van der Waals surface area contributed by atoms with E-state index in [4.69, 9.17) is 18.9 Å². The number of hydrogen-bond acceptors (Lipinski definition) is 8. The molecule has 2 atom stereocenters. The van der Waals surface area contributed by atoms with Gasteiger partial charge in [-0.25, -0.2) is 4.98 Å². The number of fused-ring (bicyclic) bond motifs is 3. The summed E-state index contributed by atoms with van der Waals surface area (Å²) in [7, 11) is 2.98. The number of amides is 1. The molecule has 1 amide bonds. The van der Waals surface area contributed by atoms with Crippen LogP contribution in [0.1, 0.15) is 41.6 Å². The van der Waals surface area contributed by atoms with Crippen molar-refractivity contribution >= 4 is 5.91 Å². The highest BCUT2D eigenvalue weighted by Gasteiger charge is 2.51. The molecule has 3 aliphatic rings. The third-order valence-electron chi connectivity index (χ3n) is 6.23. The van der Waals surface area contributed by atoms with E-state index in [1.54, 1.807) is 24.4 Å². The van der Waals surface area contributed by atoms with Gasteiger partial charge in [0.2, 0.25) is 12.7 Å². The van der Waals surface area contributed by atoms with Gasteiger partial charge >= 0.3 is 6.01 Å². The average molecular weight is 413 g/mol. The van der Waals surface area contributed by atoms with Crippen molar-refractivity contribution in [1.29, 1.82) is 0 Å². The van der Waals surface area contributed by atoms with Crippen LogP contribution >= 0.6 is 0 Å². The molecule has 2 unspecified atom stereocenters. The van der Waals surface area contributed by atoms with Gasteiger partial charge in [-0.2, -0.15) is 4.98 Å². The third kappa shape index (κ3) is 2.92. The maximum atomic E-state index is 13.3. The molecule has 1 N–H and O–H groups in total. The molecule has 158 valence electrons. The highest BCUT2D eigenvalue weighted by molar-refractivity contribution is 5.95. The Morgan fingerprint density at radius 2 is 1.90 bits per heavy atom. The molecule has 2 bridgehead atoms. The summed E-state index contributed by atoms with van der Waals surface area (Å²) in [5, 5.41) is 11.5. The quantitative estimate of drug-likeness (QED) is 0.810. The average Bonchev–Trinajstić information content (AvgIpc) is 3.34. The number of hydrogen-bond donors (Lipinski definition) is 1. The van der Waals surface area contributed by atoms with Crippen molar-refractivity contribution < 1.29 is 28.8 Å². The number of carbonyl (C=O) groups is 1. The fraction of sp³-hybridized carbons (Fsp3) is 0.476. The maximum Gasteiger partial charge on any atom is 0.319 e. The predicted molar refractivity (Wildman–Crippen MR) is 104 cm³/mol. The molecule has 5 rings (SSSR count). The van der Waals surface area contributed by atoms with Gasteiger partial charge in [-0.1, -0.05) is 0 Å². The Kier molecular flexibility index (Phi) is 4.43. The number of ether oxygens (including phenoxy) is 4. The van der Waals surface area contributed by atoms with Crippen molar-refractivity contribution in [2.45, 2.75) is 43.4 Å². The molecule has 2 saturated heterocycles. The second kappa shape index (κ2) is 7.02. The summed E-state index contributed by atoms with van der Waals surface area (Å²) in [5.41, 5.74) is -0.0837. The molecule has 0 spiro atoms. The van der Waals surface area contributed by atoms with E-state index in [2.05, 4.69) is 9.97 Å². The van der Waals surface area contributed by atoms with Gasteiger partial charge in [0.25, 0.3) is 5.91 Å². The molecule has 2 aromatic rings. The number of aliphatic hydroxyl groups is 1. The number of methoxy groups -OCH3 is 2. The van der Waals surface area contributed by atoms with Crippen molar-refractivity contribution in [3.05, 3.63) is 35.5 Å². The maximum absolute atomic E-state index is 13.3.